The molecule has 0 bridgehead atoms. The fraction of sp³-hybridized carbons (Fsp3) is 0.333. The van der Waals surface area contributed by atoms with Crippen LogP contribution in [0.3, 0.4) is 0 Å². The summed E-state index contributed by atoms with van der Waals surface area (Å²) in [6, 6.07) is 5.95. The third kappa shape index (κ3) is 2.90. The van der Waals surface area contributed by atoms with E-state index in [0.717, 1.165) is 0 Å². The zero-order valence-corrected chi connectivity index (χ0v) is 11.7. The third-order valence-electron chi connectivity index (χ3n) is 3.01. The maximum atomic E-state index is 12.2. The number of rotatable bonds is 3. The quantitative estimate of drug-likeness (QED) is 0.392. The van der Waals surface area contributed by atoms with Crippen molar-refractivity contribution in [2.45, 2.75) is 11.7 Å². The number of nitro benzene ring substituents is 1. The number of thioether (sulfide) groups is 1. The van der Waals surface area contributed by atoms with E-state index < -0.39 is 4.92 Å². The highest BCUT2D eigenvalue weighted by Crippen LogP contribution is 2.29. The first-order valence-corrected chi connectivity index (χ1v) is 6.85. The average Bonchev–Trinajstić information content (AvgIpc) is 2.80. The molecule has 1 heterocycles. The lowest BCUT2D eigenvalue weighted by atomic mass is 10.2. The van der Waals surface area contributed by atoms with Crippen LogP contribution in [-0.4, -0.2) is 34.8 Å². The number of non-ortho nitro benzene ring substituents is 1. The molecule has 1 aromatic carbocycles. The van der Waals surface area contributed by atoms with Gasteiger partial charge in [-0.15, -0.1) is 0 Å². The van der Waals surface area contributed by atoms with Crippen LogP contribution in [0.1, 0.15) is 6.42 Å². The van der Waals surface area contributed by atoms with E-state index in [1.165, 1.54) is 23.9 Å². The molecule has 1 amide bonds. The lowest BCUT2D eigenvalue weighted by Crippen LogP contribution is -2.29. The Labute approximate surface area is 120 Å². The zero-order valence-electron chi connectivity index (χ0n) is 10.9. The number of hydrogen-bond donors (Lipinski definition) is 1. The predicted molar refractivity (Wildman–Crippen MR) is 79.0 cm³/mol. The summed E-state index contributed by atoms with van der Waals surface area (Å²) in [5, 5.41) is 10.7. The van der Waals surface area contributed by atoms with E-state index in [-0.39, 0.29) is 16.8 Å². The molecule has 0 spiro atoms. The molecule has 0 saturated carbocycles. The van der Waals surface area contributed by atoms with Crippen LogP contribution in [0.15, 0.2) is 29.3 Å². The van der Waals surface area contributed by atoms with E-state index in [9.17, 15) is 14.9 Å². The molecule has 8 heteroatoms. The fourth-order valence-corrected chi connectivity index (χ4v) is 2.82. The van der Waals surface area contributed by atoms with Gasteiger partial charge in [-0.1, -0.05) is 11.8 Å². The Hall–Kier alpha value is -2.09. The predicted octanol–water partition coefficient (Wildman–Crippen LogP) is 1.38. The van der Waals surface area contributed by atoms with Gasteiger partial charge < -0.3 is 10.6 Å². The highest BCUT2D eigenvalue weighted by molar-refractivity contribution is 8.14. The largest absolute Gasteiger partial charge is 0.379 e. The molecule has 1 fully saturated rings. The summed E-state index contributed by atoms with van der Waals surface area (Å²) in [5.74, 6) is -0.0459. The van der Waals surface area contributed by atoms with Gasteiger partial charge in [-0.25, -0.2) is 0 Å². The maximum Gasteiger partial charge on any atom is 0.269 e. The van der Waals surface area contributed by atoms with Crippen molar-refractivity contribution in [1.82, 2.24) is 0 Å². The van der Waals surface area contributed by atoms with E-state index >= 15 is 0 Å². The number of amidine groups is 1. The van der Waals surface area contributed by atoms with Crippen molar-refractivity contribution in [2.24, 2.45) is 10.7 Å². The van der Waals surface area contributed by atoms with Crippen molar-refractivity contribution >= 4 is 34.2 Å². The lowest BCUT2D eigenvalue weighted by Gasteiger charge is -2.16. The van der Waals surface area contributed by atoms with Crippen LogP contribution in [0.4, 0.5) is 11.4 Å². The van der Waals surface area contributed by atoms with Gasteiger partial charge in [0.2, 0.25) is 5.91 Å². The van der Waals surface area contributed by atoms with Crippen molar-refractivity contribution in [3.05, 3.63) is 34.4 Å². The monoisotopic (exact) mass is 294 g/mol. The summed E-state index contributed by atoms with van der Waals surface area (Å²) in [5.41, 5.74) is 6.29. The molecule has 106 valence electrons. The second kappa shape index (κ2) is 5.91. The molecule has 2 N–H and O–H groups in total. The molecular weight excluding hydrogens is 280 g/mol. The van der Waals surface area contributed by atoms with E-state index in [0.29, 0.717) is 23.8 Å². The summed E-state index contributed by atoms with van der Waals surface area (Å²) >= 11 is 1.25. The summed E-state index contributed by atoms with van der Waals surface area (Å²) in [6.07, 6.45) is 0.677. The van der Waals surface area contributed by atoms with Gasteiger partial charge in [0, 0.05) is 31.4 Å². The Bertz CT molecular complexity index is 558. The SMILES string of the molecule is CN=C(N)SC1CCN(c2ccc([N+](=O)[O-])cc2)C1=O. The molecule has 1 atom stereocenters. The number of carbonyl (C=O) groups is 1. The van der Waals surface area contributed by atoms with Gasteiger partial charge in [0.25, 0.3) is 5.69 Å². The molecule has 1 aliphatic heterocycles. The number of nitrogens with two attached hydrogens (primary N) is 1. The highest BCUT2D eigenvalue weighted by Gasteiger charge is 2.33. The smallest absolute Gasteiger partial charge is 0.269 e. The summed E-state index contributed by atoms with van der Waals surface area (Å²) < 4.78 is 0. The topological polar surface area (TPSA) is 102 Å². The van der Waals surface area contributed by atoms with Crippen molar-refractivity contribution in [1.29, 1.82) is 0 Å². The number of benzene rings is 1. The van der Waals surface area contributed by atoms with Crippen molar-refractivity contribution in [3.63, 3.8) is 0 Å². The Morgan fingerprint density at radius 1 is 1.50 bits per heavy atom. The Morgan fingerprint density at radius 3 is 2.70 bits per heavy atom. The molecule has 2 rings (SSSR count). The molecule has 1 unspecified atom stereocenters. The highest BCUT2D eigenvalue weighted by atomic mass is 32.2. The number of amides is 1. The van der Waals surface area contributed by atoms with Gasteiger partial charge in [-0.3, -0.25) is 19.9 Å². The normalized spacial score (nSPS) is 19.4. The van der Waals surface area contributed by atoms with Crippen LogP contribution >= 0.6 is 11.8 Å². The molecule has 0 aromatic heterocycles. The standard InChI is InChI=1S/C12H14N4O3S/c1-14-12(13)20-10-6-7-15(11(10)17)8-2-4-9(5-3-8)16(18)19/h2-5,10H,6-7H2,1H3,(H2,13,14). The minimum absolute atomic E-state index is 0.00804. The number of anilines is 1. The molecule has 7 nitrogen and oxygen atoms in total. The summed E-state index contributed by atoms with van der Waals surface area (Å²) in [7, 11) is 1.58. The Kier molecular flexibility index (Phi) is 4.23. The molecular formula is C12H14N4O3S. The fourth-order valence-electron chi connectivity index (χ4n) is 1.97. The van der Waals surface area contributed by atoms with E-state index in [2.05, 4.69) is 4.99 Å². The first-order valence-electron chi connectivity index (χ1n) is 5.97. The number of nitrogens with zero attached hydrogens (tertiary/aromatic N) is 3. The van der Waals surface area contributed by atoms with E-state index in [1.54, 1.807) is 24.1 Å². The number of carbonyl (C=O) groups excluding carboxylic acids is 1. The number of aliphatic imine (C=N–C) groups is 1. The van der Waals surface area contributed by atoms with Crippen LogP contribution in [0.5, 0.6) is 0 Å². The summed E-state index contributed by atoms with van der Waals surface area (Å²) in [4.78, 5) is 27.8. The van der Waals surface area contributed by atoms with Crippen molar-refractivity contribution in [3.8, 4) is 0 Å². The third-order valence-corrected chi connectivity index (χ3v) is 4.16. The molecule has 1 saturated heterocycles. The van der Waals surface area contributed by atoms with Gasteiger partial charge in [-0.05, 0) is 18.6 Å². The lowest BCUT2D eigenvalue weighted by molar-refractivity contribution is -0.384. The first kappa shape index (κ1) is 14.3. The van der Waals surface area contributed by atoms with Crippen LogP contribution < -0.4 is 10.6 Å². The van der Waals surface area contributed by atoms with Gasteiger partial charge in [0.05, 0.1) is 10.2 Å². The second-order valence-electron chi connectivity index (χ2n) is 4.22. The van der Waals surface area contributed by atoms with Crippen LogP contribution in [0.2, 0.25) is 0 Å². The summed E-state index contributed by atoms with van der Waals surface area (Å²) in [6.45, 7) is 0.575. The minimum Gasteiger partial charge on any atom is -0.379 e. The van der Waals surface area contributed by atoms with Crippen LogP contribution in [0, 0.1) is 10.1 Å². The number of nitro groups is 1. The molecule has 0 radical (unpaired) electrons. The first-order chi connectivity index (χ1) is 9.52. The van der Waals surface area contributed by atoms with Crippen LogP contribution in [0.25, 0.3) is 0 Å². The van der Waals surface area contributed by atoms with Gasteiger partial charge in [0.15, 0.2) is 5.17 Å². The number of hydrogen-bond acceptors (Lipinski definition) is 5. The van der Waals surface area contributed by atoms with E-state index in [1.807, 2.05) is 0 Å². The van der Waals surface area contributed by atoms with E-state index in [4.69, 9.17) is 5.73 Å². The molecule has 0 aliphatic carbocycles. The van der Waals surface area contributed by atoms with Gasteiger partial charge in [-0.2, -0.15) is 0 Å². The second-order valence-corrected chi connectivity index (χ2v) is 5.44. The Morgan fingerprint density at radius 2 is 2.15 bits per heavy atom. The van der Waals surface area contributed by atoms with Gasteiger partial charge in [0.1, 0.15) is 0 Å². The molecule has 1 aliphatic rings. The average molecular weight is 294 g/mol. The molecule has 1 aromatic rings. The Balaban J connectivity index is 2.11. The van der Waals surface area contributed by atoms with Crippen molar-refractivity contribution in [2.75, 3.05) is 18.5 Å². The maximum absolute atomic E-state index is 12.2. The van der Waals surface area contributed by atoms with Crippen LogP contribution in [-0.2, 0) is 4.79 Å². The minimum atomic E-state index is -0.466. The zero-order chi connectivity index (χ0) is 14.7. The molecule has 20 heavy (non-hydrogen) atoms. The van der Waals surface area contributed by atoms with Crippen molar-refractivity contribution < 1.29 is 9.72 Å². The van der Waals surface area contributed by atoms with Gasteiger partial charge >= 0.3 is 0 Å².